The Labute approximate surface area is 137 Å². The van der Waals surface area contributed by atoms with Crippen molar-refractivity contribution in [1.29, 1.82) is 0 Å². The standard InChI is InChI=1S/C16H14ClN3O3/c1-3-13-16(20(21)22)15-6-4-5-14(19(15)18-13)11-8-7-10(23-2)9-12(11)17/h4-9H,3H2,1-2H3. The summed E-state index contributed by atoms with van der Waals surface area (Å²) in [6.45, 7) is 1.84. The molecule has 0 spiro atoms. The molecule has 0 aliphatic carbocycles. The number of aryl methyl sites for hydroxylation is 1. The highest BCUT2D eigenvalue weighted by atomic mass is 35.5. The molecule has 0 aliphatic heterocycles. The van der Waals surface area contributed by atoms with Crippen LogP contribution in [0.15, 0.2) is 36.4 Å². The predicted octanol–water partition coefficient (Wildman–Crippen LogP) is 4.13. The molecule has 118 valence electrons. The Bertz CT molecular complexity index is 905. The second-order valence-electron chi connectivity index (χ2n) is 4.96. The second kappa shape index (κ2) is 5.89. The molecule has 3 rings (SSSR count). The summed E-state index contributed by atoms with van der Waals surface area (Å²) in [5.41, 5.74) is 2.37. The van der Waals surface area contributed by atoms with Crippen molar-refractivity contribution in [2.45, 2.75) is 13.3 Å². The van der Waals surface area contributed by atoms with E-state index in [-0.39, 0.29) is 10.6 Å². The normalized spacial score (nSPS) is 10.9. The molecule has 2 heterocycles. The summed E-state index contributed by atoms with van der Waals surface area (Å²) in [4.78, 5) is 11.0. The van der Waals surface area contributed by atoms with Crippen LogP contribution in [0.3, 0.4) is 0 Å². The highest BCUT2D eigenvalue weighted by Gasteiger charge is 2.23. The van der Waals surface area contributed by atoms with E-state index < -0.39 is 0 Å². The van der Waals surface area contributed by atoms with Crippen molar-refractivity contribution < 1.29 is 9.66 Å². The van der Waals surface area contributed by atoms with Crippen LogP contribution in [0, 0.1) is 10.1 Å². The number of methoxy groups -OCH3 is 1. The van der Waals surface area contributed by atoms with Crippen molar-refractivity contribution in [3.05, 3.63) is 57.2 Å². The van der Waals surface area contributed by atoms with E-state index in [1.807, 2.05) is 19.1 Å². The molecule has 3 aromatic rings. The van der Waals surface area contributed by atoms with Crippen molar-refractivity contribution in [3.8, 4) is 17.0 Å². The summed E-state index contributed by atoms with van der Waals surface area (Å²) in [5.74, 6) is 0.645. The van der Waals surface area contributed by atoms with Crippen LogP contribution < -0.4 is 4.74 Å². The van der Waals surface area contributed by atoms with Gasteiger partial charge in [0.05, 0.1) is 22.7 Å². The summed E-state index contributed by atoms with van der Waals surface area (Å²) in [6, 6.07) is 10.6. The molecule has 0 radical (unpaired) electrons. The molecule has 0 aliphatic rings. The lowest BCUT2D eigenvalue weighted by Gasteiger charge is -2.08. The molecule has 0 atom stereocenters. The van der Waals surface area contributed by atoms with Gasteiger partial charge in [-0.15, -0.1) is 0 Å². The van der Waals surface area contributed by atoms with E-state index in [1.165, 1.54) is 0 Å². The molecule has 0 saturated heterocycles. The van der Waals surface area contributed by atoms with Crippen LogP contribution in [0.5, 0.6) is 5.75 Å². The van der Waals surface area contributed by atoms with Gasteiger partial charge in [-0.3, -0.25) is 10.1 Å². The van der Waals surface area contributed by atoms with E-state index in [2.05, 4.69) is 5.10 Å². The van der Waals surface area contributed by atoms with Crippen LogP contribution in [-0.4, -0.2) is 21.6 Å². The zero-order valence-corrected chi connectivity index (χ0v) is 13.4. The van der Waals surface area contributed by atoms with Crippen LogP contribution >= 0.6 is 11.6 Å². The monoisotopic (exact) mass is 331 g/mol. The average Bonchev–Trinajstić information content (AvgIpc) is 2.93. The van der Waals surface area contributed by atoms with Gasteiger partial charge in [-0.05, 0) is 36.8 Å². The lowest BCUT2D eigenvalue weighted by molar-refractivity contribution is -0.383. The number of ether oxygens (including phenoxy) is 1. The van der Waals surface area contributed by atoms with E-state index in [0.29, 0.717) is 34.1 Å². The topological polar surface area (TPSA) is 69.7 Å². The first-order valence-electron chi connectivity index (χ1n) is 7.05. The molecule has 0 N–H and O–H groups in total. The molecule has 0 saturated carbocycles. The lowest BCUT2D eigenvalue weighted by Crippen LogP contribution is -1.95. The predicted molar refractivity (Wildman–Crippen MR) is 88.2 cm³/mol. The fourth-order valence-corrected chi connectivity index (χ4v) is 2.84. The number of pyridine rings is 1. The fourth-order valence-electron chi connectivity index (χ4n) is 2.58. The summed E-state index contributed by atoms with van der Waals surface area (Å²) in [7, 11) is 1.57. The van der Waals surface area contributed by atoms with Gasteiger partial charge < -0.3 is 4.74 Å². The number of rotatable bonds is 4. The maximum atomic E-state index is 11.4. The zero-order valence-electron chi connectivity index (χ0n) is 12.6. The molecule has 2 aromatic heterocycles. The largest absolute Gasteiger partial charge is 0.497 e. The molecular weight excluding hydrogens is 318 g/mol. The zero-order chi connectivity index (χ0) is 16.6. The molecular formula is C16H14ClN3O3. The minimum absolute atomic E-state index is 0.0407. The molecule has 0 fully saturated rings. The van der Waals surface area contributed by atoms with Crippen LogP contribution in [0.4, 0.5) is 5.69 Å². The highest BCUT2D eigenvalue weighted by Crippen LogP contribution is 2.34. The summed E-state index contributed by atoms with van der Waals surface area (Å²) >= 11 is 6.33. The Balaban J connectivity index is 2.29. The average molecular weight is 332 g/mol. The van der Waals surface area contributed by atoms with Gasteiger partial charge in [0, 0.05) is 5.56 Å². The number of aromatic nitrogens is 2. The Kier molecular flexibility index (Phi) is 3.92. The van der Waals surface area contributed by atoms with E-state index in [0.717, 1.165) is 5.56 Å². The number of hydrogen-bond acceptors (Lipinski definition) is 4. The molecule has 0 bridgehead atoms. The van der Waals surface area contributed by atoms with Gasteiger partial charge in [0.25, 0.3) is 0 Å². The number of halogens is 1. The summed E-state index contributed by atoms with van der Waals surface area (Å²) in [5, 5.41) is 16.3. The number of nitro groups is 1. The lowest BCUT2D eigenvalue weighted by atomic mass is 10.1. The molecule has 7 heteroatoms. The van der Waals surface area contributed by atoms with Crippen molar-refractivity contribution in [2.24, 2.45) is 0 Å². The van der Waals surface area contributed by atoms with Crippen molar-refractivity contribution >= 4 is 22.8 Å². The first-order chi connectivity index (χ1) is 11.1. The van der Waals surface area contributed by atoms with Gasteiger partial charge in [-0.1, -0.05) is 24.6 Å². The van der Waals surface area contributed by atoms with Crippen molar-refractivity contribution in [3.63, 3.8) is 0 Å². The van der Waals surface area contributed by atoms with Crippen molar-refractivity contribution in [2.75, 3.05) is 7.11 Å². The minimum Gasteiger partial charge on any atom is -0.497 e. The number of fused-ring (bicyclic) bond motifs is 1. The van der Waals surface area contributed by atoms with Crippen LogP contribution in [0.1, 0.15) is 12.6 Å². The van der Waals surface area contributed by atoms with E-state index >= 15 is 0 Å². The number of benzene rings is 1. The van der Waals surface area contributed by atoms with Gasteiger partial charge in [-0.25, -0.2) is 4.52 Å². The Hall–Kier alpha value is -2.60. The van der Waals surface area contributed by atoms with Crippen molar-refractivity contribution in [1.82, 2.24) is 9.61 Å². The first-order valence-corrected chi connectivity index (χ1v) is 7.43. The van der Waals surface area contributed by atoms with Crippen LogP contribution in [0.25, 0.3) is 16.8 Å². The smallest absolute Gasteiger partial charge is 0.317 e. The van der Waals surface area contributed by atoms with E-state index in [1.54, 1.807) is 35.9 Å². The Morgan fingerprint density at radius 3 is 2.74 bits per heavy atom. The fraction of sp³-hybridized carbons (Fsp3) is 0.188. The van der Waals surface area contributed by atoms with E-state index in [9.17, 15) is 10.1 Å². The first kappa shape index (κ1) is 15.3. The second-order valence-corrected chi connectivity index (χ2v) is 5.37. The minimum atomic E-state index is -0.388. The maximum absolute atomic E-state index is 11.4. The van der Waals surface area contributed by atoms with Crippen LogP contribution in [-0.2, 0) is 6.42 Å². The van der Waals surface area contributed by atoms with Gasteiger partial charge >= 0.3 is 5.69 Å². The Morgan fingerprint density at radius 2 is 2.13 bits per heavy atom. The molecule has 1 aromatic carbocycles. The molecule has 0 amide bonds. The molecule has 0 unspecified atom stereocenters. The third-order valence-electron chi connectivity index (χ3n) is 3.67. The third kappa shape index (κ3) is 2.51. The third-order valence-corrected chi connectivity index (χ3v) is 3.98. The number of hydrogen-bond donors (Lipinski definition) is 0. The number of nitrogens with zero attached hydrogens (tertiary/aromatic N) is 3. The van der Waals surface area contributed by atoms with E-state index in [4.69, 9.17) is 16.3 Å². The van der Waals surface area contributed by atoms with Gasteiger partial charge in [0.2, 0.25) is 0 Å². The summed E-state index contributed by atoms with van der Waals surface area (Å²) in [6.07, 6.45) is 0.480. The highest BCUT2D eigenvalue weighted by molar-refractivity contribution is 6.33. The van der Waals surface area contributed by atoms with Gasteiger partial charge in [-0.2, -0.15) is 5.10 Å². The SMILES string of the molecule is CCc1nn2c(-c3ccc(OC)cc3Cl)cccc2c1[N+](=O)[O-]. The summed E-state index contributed by atoms with van der Waals surface area (Å²) < 4.78 is 6.72. The molecule has 6 nitrogen and oxygen atoms in total. The maximum Gasteiger partial charge on any atom is 0.317 e. The quantitative estimate of drug-likeness (QED) is 0.532. The Morgan fingerprint density at radius 1 is 1.35 bits per heavy atom. The van der Waals surface area contributed by atoms with Gasteiger partial charge in [0.15, 0.2) is 0 Å². The van der Waals surface area contributed by atoms with Gasteiger partial charge in [0.1, 0.15) is 17.0 Å². The van der Waals surface area contributed by atoms with Crippen LogP contribution in [0.2, 0.25) is 5.02 Å². The molecule has 23 heavy (non-hydrogen) atoms.